The van der Waals surface area contributed by atoms with E-state index in [9.17, 15) is 5.11 Å². The normalized spacial score (nSPS) is 13.5. The van der Waals surface area contributed by atoms with Crippen LogP contribution in [-0.2, 0) is 0 Å². The van der Waals surface area contributed by atoms with Crippen LogP contribution in [0.3, 0.4) is 0 Å². The Hall–Kier alpha value is -0.760. The number of aryl methyl sites for hydroxylation is 2. The lowest BCUT2D eigenvalue weighted by Crippen LogP contribution is -2.02. The summed E-state index contributed by atoms with van der Waals surface area (Å²) < 4.78 is 5.51. The Morgan fingerprint density at radius 1 is 1.07 bits per heavy atom. The summed E-state index contributed by atoms with van der Waals surface area (Å²) in [6.07, 6.45) is 1.49. The van der Waals surface area contributed by atoms with E-state index in [4.69, 9.17) is 4.42 Å². The summed E-state index contributed by atoms with van der Waals surface area (Å²) in [7, 11) is 0. The lowest BCUT2D eigenvalue weighted by molar-refractivity contribution is 0.157. The number of aliphatic hydroxyl groups is 1. The highest BCUT2D eigenvalue weighted by Crippen LogP contribution is 2.30. The summed E-state index contributed by atoms with van der Waals surface area (Å²) >= 11 is 0. The van der Waals surface area contributed by atoms with Crippen LogP contribution in [-0.4, -0.2) is 5.11 Å². The van der Waals surface area contributed by atoms with Gasteiger partial charge < -0.3 is 9.52 Å². The first-order valence-corrected chi connectivity index (χ1v) is 5.68. The van der Waals surface area contributed by atoms with Gasteiger partial charge in [0.2, 0.25) is 0 Å². The Kier molecular flexibility index (Phi) is 3.97. The Balaban J connectivity index is 2.77. The highest BCUT2D eigenvalue weighted by atomic mass is 16.3. The molecule has 0 amide bonds. The molecular weight excluding hydrogens is 188 g/mol. The molecule has 1 rings (SSSR count). The van der Waals surface area contributed by atoms with Gasteiger partial charge in [-0.15, -0.1) is 0 Å². The molecule has 1 heterocycles. The smallest absolute Gasteiger partial charge is 0.107 e. The molecule has 0 aromatic carbocycles. The van der Waals surface area contributed by atoms with E-state index >= 15 is 0 Å². The molecule has 0 aliphatic heterocycles. The SMILES string of the molecule is Cc1oc(C)c(C(O)CCC(C)C)c1C. The molecule has 0 fully saturated rings. The van der Waals surface area contributed by atoms with Gasteiger partial charge in [-0.3, -0.25) is 0 Å². The molecule has 0 saturated heterocycles. The predicted octanol–water partition coefficient (Wildman–Crippen LogP) is 3.67. The quantitative estimate of drug-likeness (QED) is 0.822. The Morgan fingerprint density at radius 2 is 1.67 bits per heavy atom. The largest absolute Gasteiger partial charge is 0.466 e. The third kappa shape index (κ3) is 2.85. The molecule has 0 radical (unpaired) electrons. The van der Waals surface area contributed by atoms with Gasteiger partial charge in [0, 0.05) is 5.56 Å². The second-order valence-corrected chi connectivity index (χ2v) is 4.74. The lowest BCUT2D eigenvalue weighted by atomic mass is 9.97. The molecule has 1 N–H and O–H groups in total. The molecule has 2 nitrogen and oxygen atoms in total. The van der Waals surface area contributed by atoms with E-state index in [1.165, 1.54) is 0 Å². The van der Waals surface area contributed by atoms with E-state index in [0.29, 0.717) is 5.92 Å². The van der Waals surface area contributed by atoms with Crippen molar-refractivity contribution in [2.45, 2.75) is 53.6 Å². The van der Waals surface area contributed by atoms with Gasteiger partial charge in [-0.1, -0.05) is 13.8 Å². The maximum atomic E-state index is 10.1. The third-order valence-corrected chi connectivity index (χ3v) is 2.97. The minimum Gasteiger partial charge on any atom is -0.466 e. The number of rotatable bonds is 4. The fraction of sp³-hybridized carbons (Fsp3) is 0.692. The van der Waals surface area contributed by atoms with Crippen molar-refractivity contribution in [1.29, 1.82) is 0 Å². The Morgan fingerprint density at radius 3 is 2.07 bits per heavy atom. The minimum atomic E-state index is -0.371. The molecule has 0 aliphatic rings. The summed E-state index contributed by atoms with van der Waals surface area (Å²) in [4.78, 5) is 0. The van der Waals surface area contributed by atoms with Crippen LogP contribution in [0.4, 0.5) is 0 Å². The van der Waals surface area contributed by atoms with Crippen LogP contribution >= 0.6 is 0 Å². The van der Waals surface area contributed by atoms with Crippen molar-refractivity contribution in [3.8, 4) is 0 Å². The third-order valence-electron chi connectivity index (χ3n) is 2.97. The van der Waals surface area contributed by atoms with E-state index < -0.39 is 0 Å². The van der Waals surface area contributed by atoms with Crippen LogP contribution in [0.5, 0.6) is 0 Å². The van der Waals surface area contributed by atoms with Gasteiger partial charge in [-0.05, 0) is 45.1 Å². The molecule has 1 unspecified atom stereocenters. The summed E-state index contributed by atoms with van der Waals surface area (Å²) in [6.45, 7) is 10.2. The van der Waals surface area contributed by atoms with Crippen LogP contribution in [0, 0.1) is 26.7 Å². The van der Waals surface area contributed by atoms with Crippen LogP contribution in [0.1, 0.15) is 55.4 Å². The lowest BCUT2D eigenvalue weighted by Gasteiger charge is -2.12. The standard InChI is InChI=1S/C13H22O2/c1-8(2)6-7-12(14)13-9(3)10(4)15-11(13)5/h8,12,14H,6-7H2,1-5H3. The molecule has 0 spiro atoms. The van der Waals surface area contributed by atoms with Crippen LogP contribution < -0.4 is 0 Å². The number of aliphatic hydroxyl groups excluding tert-OH is 1. The van der Waals surface area contributed by atoms with Crippen molar-refractivity contribution in [3.05, 3.63) is 22.6 Å². The van der Waals surface area contributed by atoms with Gasteiger partial charge >= 0.3 is 0 Å². The van der Waals surface area contributed by atoms with Crippen LogP contribution in [0.15, 0.2) is 4.42 Å². The van der Waals surface area contributed by atoms with Crippen molar-refractivity contribution in [1.82, 2.24) is 0 Å². The second kappa shape index (κ2) is 4.84. The topological polar surface area (TPSA) is 33.4 Å². The van der Waals surface area contributed by atoms with E-state index in [1.54, 1.807) is 0 Å². The van der Waals surface area contributed by atoms with Gasteiger partial charge in [0.05, 0.1) is 6.10 Å². The van der Waals surface area contributed by atoms with Crippen LogP contribution in [0.2, 0.25) is 0 Å². The van der Waals surface area contributed by atoms with Gasteiger partial charge in [0.1, 0.15) is 11.5 Å². The number of furan rings is 1. The molecule has 0 bridgehead atoms. The molecule has 2 heteroatoms. The summed E-state index contributed by atoms with van der Waals surface area (Å²) in [5, 5.41) is 10.1. The molecule has 1 atom stereocenters. The molecule has 15 heavy (non-hydrogen) atoms. The fourth-order valence-electron chi connectivity index (χ4n) is 1.93. The van der Waals surface area contributed by atoms with Crippen molar-refractivity contribution in [2.75, 3.05) is 0 Å². The summed E-state index contributed by atoms with van der Waals surface area (Å²) in [6, 6.07) is 0. The Bertz CT molecular complexity index is 324. The zero-order chi connectivity index (χ0) is 11.6. The molecule has 0 aliphatic carbocycles. The first-order chi connectivity index (χ1) is 6.93. The van der Waals surface area contributed by atoms with E-state index in [1.807, 2.05) is 20.8 Å². The molecular formula is C13H22O2. The van der Waals surface area contributed by atoms with Gasteiger partial charge in [-0.2, -0.15) is 0 Å². The first-order valence-electron chi connectivity index (χ1n) is 5.68. The summed E-state index contributed by atoms with van der Waals surface area (Å²) in [5.74, 6) is 2.42. The highest BCUT2D eigenvalue weighted by molar-refractivity contribution is 5.33. The average molecular weight is 210 g/mol. The maximum Gasteiger partial charge on any atom is 0.107 e. The maximum absolute atomic E-state index is 10.1. The van der Waals surface area contributed by atoms with Gasteiger partial charge in [-0.25, -0.2) is 0 Å². The monoisotopic (exact) mass is 210 g/mol. The second-order valence-electron chi connectivity index (χ2n) is 4.74. The van der Waals surface area contributed by atoms with E-state index in [-0.39, 0.29) is 6.10 Å². The Labute approximate surface area is 92.3 Å². The fourth-order valence-corrected chi connectivity index (χ4v) is 1.93. The van der Waals surface area contributed by atoms with Gasteiger partial charge in [0.25, 0.3) is 0 Å². The van der Waals surface area contributed by atoms with Crippen molar-refractivity contribution in [2.24, 2.45) is 5.92 Å². The summed E-state index contributed by atoms with van der Waals surface area (Å²) in [5.41, 5.74) is 2.09. The highest BCUT2D eigenvalue weighted by Gasteiger charge is 2.18. The number of hydrogen-bond acceptors (Lipinski definition) is 2. The van der Waals surface area contributed by atoms with Gasteiger partial charge in [0.15, 0.2) is 0 Å². The number of hydrogen-bond donors (Lipinski definition) is 1. The van der Waals surface area contributed by atoms with E-state index in [2.05, 4.69) is 13.8 Å². The van der Waals surface area contributed by atoms with E-state index in [0.717, 1.165) is 35.5 Å². The zero-order valence-electron chi connectivity index (χ0n) is 10.4. The molecule has 86 valence electrons. The predicted molar refractivity (Wildman–Crippen MR) is 62.0 cm³/mol. The average Bonchev–Trinajstić information content (AvgIpc) is 2.37. The zero-order valence-corrected chi connectivity index (χ0v) is 10.4. The van der Waals surface area contributed by atoms with Crippen molar-refractivity contribution >= 4 is 0 Å². The molecule has 1 aromatic rings. The van der Waals surface area contributed by atoms with Crippen molar-refractivity contribution in [3.63, 3.8) is 0 Å². The first kappa shape index (κ1) is 12.3. The van der Waals surface area contributed by atoms with Crippen molar-refractivity contribution < 1.29 is 9.52 Å². The molecule has 0 saturated carbocycles. The molecule has 1 aromatic heterocycles. The minimum absolute atomic E-state index is 0.371. The van der Waals surface area contributed by atoms with Crippen LogP contribution in [0.25, 0.3) is 0 Å².